The van der Waals surface area contributed by atoms with E-state index in [9.17, 15) is 4.79 Å². The summed E-state index contributed by atoms with van der Waals surface area (Å²) >= 11 is 0. The molecule has 0 aliphatic heterocycles. The largest absolute Gasteiger partial charge is 0.466 e. The van der Waals surface area contributed by atoms with Crippen LogP contribution >= 0.6 is 0 Å². The monoisotopic (exact) mass is 220 g/mol. The van der Waals surface area contributed by atoms with Gasteiger partial charge in [0, 0.05) is 6.92 Å². The average molecular weight is 220 g/mol. The van der Waals surface area contributed by atoms with Gasteiger partial charge in [0.25, 0.3) is 0 Å². The van der Waals surface area contributed by atoms with Gasteiger partial charge in [-0.15, -0.1) is 0 Å². The molecule has 0 aromatic heterocycles. The van der Waals surface area contributed by atoms with Gasteiger partial charge in [-0.3, -0.25) is 4.79 Å². The molecule has 0 aliphatic carbocycles. The normalized spacial score (nSPS) is 12.9. The fourth-order valence-corrected chi connectivity index (χ4v) is 0.284. The molecule has 0 heterocycles. The lowest BCUT2D eigenvalue weighted by Gasteiger charge is -2.19. The van der Waals surface area contributed by atoms with Crippen molar-refractivity contribution in [3.63, 3.8) is 0 Å². The number of carbonyl (C=O) groups excluding carboxylic acids is 1. The van der Waals surface area contributed by atoms with Gasteiger partial charge in [-0.1, -0.05) is 13.8 Å². The van der Waals surface area contributed by atoms with Gasteiger partial charge in [-0.25, -0.2) is 0 Å². The first-order chi connectivity index (χ1) is 6.57. The number of hydrogen-bond acceptors (Lipinski definition) is 4. The Labute approximate surface area is 92.3 Å². The number of ether oxygens (including phenoxy) is 1. The van der Waals surface area contributed by atoms with Crippen LogP contribution in [0.5, 0.6) is 0 Å². The Kier molecular flexibility index (Phi) is 8.57. The zero-order valence-electron chi connectivity index (χ0n) is 10.6. The highest BCUT2D eigenvalue weighted by Crippen LogP contribution is 2.05. The van der Waals surface area contributed by atoms with Crippen molar-refractivity contribution in [2.75, 3.05) is 6.61 Å². The second-order valence-electron chi connectivity index (χ2n) is 4.53. The summed E-state index contributed by atoms with van der Waals surface area (Å²) in [6.45, 7) is 10.7. The van der Waals surface area contributed by atoms with Gasteiger partial charge >= 0.3 is 5.97 Å². The number of carbonyl (C=O) groups is 1. The quantitative estimate of drug-likeness (QED) is 0.704. The molecule has 0 aromatic carbocycles. The fourth-order valence-electron chi connectivity index (χ4n) is 0.284. The van der Waals surface area contributed by atoms with Gasteiger partial charge in [-0.2, -0.15) is 0 Å². The summed E-state index contributed by atoms with van der Waals surface area (Å²) in [6, 6.07) is 0. The predicted octanol–water partition coefficient (Wildman–Crippen LogP) is 1.34. The Morgan fingerprint density at radius 1 is 1.33 bits per heavy atom. The Morgan fingerprint density at radius 3 is 1.73 bits per heavy atom. The molecule has 0 aliphatic rings. The molecule has 0 radical (unpaired) electrons. The molecule has 0 amide bonds. The van der Waals surface area contributed by atoms with Crippen LogP contribution in [0.25, 0.3) is 0 Å². The number of aliphatic hydroxyl groups is 2. The zero-order valence-corrected chi connectivity index (χ0v) is 10.6. The standard InChI is InChI=1S/C6H12O2.C5H12O2/c1-5(2)4-8-6(3)7;1-4(6)5(2,3)7/h5H,4H2,1-3H3;4,6-7H,1-3H3. The van der Waals surface area contributed by atoms with E-state index in [2.05, 4.69) is 4.74 Å². The molecule has 0 bridgehead atoms. The summed E-state index contributed by atoms with van der Waals surface area (Å²) in [7, 11) is 0. The van der Waals surface area contributed by atoms with E-state index in [1.165, 1.54) is 6.92 Å². The average Bonchev–Trinajstić information content (AvgIpc) is 2.00. The van der Waals surface area contributed by atoms with Crippen LogP contribution in [0, 0.1) is 5.92 Å². The molecule has 0 aromatic rings. The van der Waals surface area contributed by atoms with Crippen LogP contribution in [0.2, 0.25) is 0 Å². The minimum Gasteiger partial charge on any atom is -0.466 e. The van der Waals surface area contributed by atoms with Crippen molar-refractivity contribution in [1.82, 2.24) is 0 Å². The van der Waals surface area contributed by atoms with E-state index in [4.69, 9.17) is 10.2 Å². The molecular weight excluding hydrogens is 196 g/mol. The molecule has 2 N–H and O–H groups in total. The Morgan fingerprint density at radius 2 is 1.67 bits per heavy atom. The molecule has 4 heteroatoms. The molecule has 1 unspecified atom stereocenters. The third-order valence-corrected chi connectivity index (χ3v) is 1.64. The molecule has 15 heavy (non-hydrogen) atoms. The number of aliphatic hydroxyl groups excluding tert-OH is 1. The van der Waals surface area contributed by atoms with Crippen molar-refractivity contribution in [3.05, 3.63) is 0 Å². The SMILES string of the molecule is CC(=O)OCC(C)C.CC(O)C(C)(C)O. The van der Waals surface area contributed by atoms with Crippen LogP contribution in [0.15, 0.2) is 0 Å². The number of esters is 1. The van der Waals surface area contributed by atoms with E-state index in [0.717, 1.165) is 0 Å². The van der Waals surface area contributed by atoms with E-state index in [0.29, 0.717) is 12.5 Å². The molecule has 0 saturated heterocycles. The number of rotatable bonds is 3. The van der Waals surface area contributed by atoms with Crippen LogP contribution in [0.4, 0.5) is 0 Å². The van der Waals surface area contributed by atoms with Crippen molar-refractivity contribution < 1.29 is 19.7 Å². The summed E-state index contributed by atoms with van der Waals surface area (Å²) < 4.78 is 4.66. The van der Waals surface area contributed by atoms with Gasteiger partial charge in [0.2, 0.25) is 0 Å². The Balaban J connectivity index is 0. The molecule has 92 valence electrons. The maximum atomic E-state index is 10.1. The predicted molar refractivity (Wildman–Crippen MR) is 59.4 cm³/mol. The van der Waals surface area contributed by atoms with Gasteiger partial charge < -0.3 is 14.9 Å². The van der Waals surface area contributed by atoms with Gasteiger partial charge in [0.05, 0.1) is 18.3 Å². The van der Waals surface area contributed by atoms with Gasteiger partial charge in [-0.05, 0) is 26.7 Å². The molecule has 0 fully saturated rings. The minimum absolute atomic E-state index is 0.196. The lowest BCUT2D eigenvalue weighted by molar-refractivity contribution is -0.141. The molecule has 4 nitrogen and oxygen atoms in total. The smallest absolute Gasteiger partial charge is 0.302 e. The number of hydrogen-bond donors (Lipinski definition) is 2. The maximum absolute atomic E-state index is 10.1. The fraction of sp³-hybridized carbons (Fsp3) is 0.909. The topological polar surface area (TPSA) is 66.8 Å². The highest BCUT2D eigenvalue weighted by Gasteiger charge is 2.18. The van der Waals surface area contributed by atoms with Crippen molar-refractivity contribution in [2.45, 2.75) is 53.2 Å². The highest BCUT2D eigenvalue weighted by molar-refractivity contribution is 5.65. The van der Waals surface area contributed by atoms with Crippen molar-refractivity contribution >= 4 is 5.97 Å². The summed E-state index contributed by atoms with van der Waals surface area (Å²) in [5, 5.41) is 17.5. The van der Waals surface area contributed by atoms with Crippen LogP contribution < -0.4 is 0 Å². The van der Waals surface area contributed by atoms with E-state index in [-0.39, 0.29) is 5.97 Å². The molecule has 0 saturated carbocycles. The Bertz CT molecular complexity index is 168. The van der Waals surface area contributed by atoms with Crippen LogP contribution in [-0.2, 0) is 9.53 Å². The van der Waals surface area contributed by atoms with E-state index >= 15 is 0 Å². The highest BCUT2D eigenvalue weighted by atomic mass is 16.5. The van der Waals surface area contributed by atoms with E-state index in [1.807, 2.05) is 13.8 Å². The second-order valence-corrected chi connectivity index (χ2v) is 4.53. The van der Waals surface area contributed by atoms with Crippen molar-refractivity contribution in [3.8, 4) is 0 Å². The van der Waals surface area contributed by atoms with Gasteiger partial charge in [0.1, 0.15) is 0 Å². The van der Waals surface area contributed by atoms with Crippen LogP contribution in [-0.4, -0.2) is 34.5 Å². The second kappa shape index (κ2) is 7.65. The first-order valence-corrected chi connectivity index (χ1v) is 5.11. The zero-order chi connectivity index (χ0) is 12.6. The molecular formula is C11H24O4. The summed E-state index contributed by atoms with van der Waals surface area (Å²) in [5.74, 6) is 0.248. The summed E-state index contributed by atoms with van der Waals surface area (Å²) in [4.78, 5) is 10.1. The minimum atomic E-state index is -0.944. The van der Waals surface area contributed by atoms with Crippen molar-refractivity contribution in [2.24, 2.45) is 5.92 Å². The summed E-state index contributed by atoms with van der Waals surface area (Å²) in [6.07, 6.45) is -0.646. The third kappa shape index (κ3) is 16.1. The van der Waals surface area contributed by atoms with Gasteiger partial charge in [0.15, 0.2) is 0 Å². The summed E-state index contributed by atoms with van der Waals surface area (Å²) in [5.41, 5.74) is -0.944. The van der Waals surface area contributed by atoms with E-state index < -0.39 is 11.7 Å². The first-order valence-electron chi connectivity index (χ1n) is 5.11. The lowest BCUT2D eigenvalue weighted by atomic mass is 10.0. The van der Waals surface area contributed by atoms with Crippen molar-refractivity contribution in [1.29, 1.82) is 0 Å². The maximum Gasteiger partial charge on any atom is 0.302 e. The van der Waals surface area contributed by atoms with Crippen LogP contribution in [0.1, 0.15) is 41.5 Å². The lowest BCUT2D eigenvalue weighted by Crippen LogP contribution is -2.32. The van der Waals surface area contributed by atoms with Crippen LogP contribution in [0.3, 0.4) is 0 Å². The molecule has 0 spiro atoms. The molecule has 1 atom stereocenters. The first kappa shape index (κ1) is 16.8. The van der Waals surface area contributed by atoms with E-state index in [1.54, 1.807) is 20.8 Å². The molecule has 0 rings (SSSR count). The third-order valence-electron chi connectivity index (χ3n) is 1.64. The Hall–Kier alpha value is -0.610.